The van der Waals surface area contributed by atoms with Crippen molar-refractivity contribution in [2.24, 2.45) is 5.92 Å². The lowest BCUT2D eigenvalue weighted by Gasteiger charge is -2.07. The van der Waals surface area contributed by atoms with Gasteiger partial charge >= 0.3 is 0 Å². The second kappa shape index (κ2) is 3.62. The molecule has 1 aromatic carbocycles. The molecule has 0 saturated carbocycles. The van der Waals surface area contributed by atoms with Gasteiger partial charge in [-0.1, -0.05) is 29.8 Å². The summed E-state index contributed by atoms with van der Waals surface area (Å²) < 4.78 is 0. The van der Waals surface area contributed by atoms with Crippen LogP contribution >= 0.6 is 0 Å². The monoisotopic (exact) mass is 174 g/mol. The molecule has 1 atom stereocenters. The van der Waals surface area contributed by atoms with Gasteiger partial charge in [-0.3, -0.25) is 0 Å². The molecule has 0 saturated heterocycles. The van der Waals surface area contributed by atoms with E-state index in [2.05, 4.69) is 23.9 Å². The van der Waals surface area contributed by atoms with E-state index in [4.69, 9.17) is 0 Å². The number of hydrogen-bond acceptors (Lipinski definition) is 2. The average Bonchev–Trinajstić information content (AvgIpc) is 2.84. The van der Waals surface area contributed by atoms with Crippen molar-refractivity contribution in [1.82, 2.24) is 5.43 Å². The third-order valence-corrected chi connectivity index (χ3v) is 2.27. The maximum Gasteiger partial charge on any atom is 0.0487 e. The van der Waals surface area contributed by atoms with Crippen LogP contribution in [0.3, 0.4) is 0 Å². The van der Waals surface area contributed by atoms with Gasteiger partial charge in [0.05, 0.1) is 0 Å². The van der Waals surface area contributed by atoms with Crippen LogP contribution in [0.4, 0.5) is 5.69 Å². The second-order valence-corrected chi connectivity index (χ2v) is 3.39. The molecule has 2 heteroatoms. The maximum absolute atomic E-state index is 3.19. The van der Waals surface area contributed by atoms with Gasteiger partial charge in [0.2, 0.25) is 0 Å². The Morgan fingerprint density at radius 2 is 1.92 bits per heavy atom. The molecule has 0 radical (unpaired) electrons. The number of nitrogens with one attached hydrogen (secondary N) is 2. The van der Waals surface area contributed by atoms with Crippen LogP contribution in [0.1, 0.15) is 6.92 Å². The number of rotatable bonds is 4. The standard InChI is InChI=1S/C11H14N2/c1-9-7-10(9)8-12-13-11-5-3-2-4-6-11/h2-7,10,12-13H,8H2,1H3/t10-/m0/s1. The lowest BCUT2D eigenvalue weighted by atomic mass is 10.3. The Kier molecular flexibility index (Phi) is 2.32. The fourth-order valence-corrected chi connectivity index (χ4v) is 1.27. The molecule has 0 spiro atoms. The Bertz CT molecular complexity index is 303. The first kappa shape index (κ1) is 8.32. The molecular weight excluding hydrogens is 160 g/mol. The normalized spacial score (nSPS) is 19.5. The van der Waals surface area contributed by atoms with Crippen molar-refractivity contribution >= 4 is 5.69 Å². The summed E-state index contributed by atoms with van der Waals surface area (Å²) in [7, 11) is 0. The van der Waals surface area contributed by atoms with Gasteiger partial charge in [0.25, 0.3) is 0 Å². The molecule has 2 N–H and O–H groups in total. The summed E-state index contributed by atoms with van der Waals surface area (Å²) in [6.07, 6.45) is 2.26. The lowest BCUT2D eigenvalue weighted by Crippen LogP contribution is -2.24. The molecule has 0 bridgehead atoms. The first-order valence-corrected chi connectivity index (χ1v) is 4.58. The van der Waals surface area contributed by atoms with E-state index in [1.165, 1.54) is 5.57 Å². The third-order valence-electron chi connectivity index (χ3n) is 2.27. The zero-order chi connectivity index (χ0) is 9.10. The van der Waals surface area contributed by atoms with Gasteiger partial charge in [-0.05, 0) is 19.1 Å². The molecular formula is C11H14N2. The minimum atomic E-state index is 0.677. The minimum Gasteiger partial charge on any atom is -0.321 e. The molecule has 2 nitrogen and oxygen atoms in total. The molecule has 0 aliphatic heterocycles. The highest BCUT2D eigenvalue weighted by molar-refractivity contribution is 5.41. The Labute approximate surface area is 78.6 Å². The van der Waals surface area contributed by atoms with Crippen molar-refractivity contribution in [2.45, 2.75) is 6.92 Å². The Balaban J connectivity index is 1.69. The van der Waals surface area contributed by atoms with Crippen molar-refractivity contribution in [2.75, 3.05) is 12.0 Å². The fraction of sp³-hybridized carbons (Fsp3) is 0.273. The molecule has 68 valence electrons. The molecule has 2 rings (SSSR count). The number of anilines is 1. The summed E-state index contributed by atoms with van der Waals surface area (Å²) in [6, 6.07) is 10.1. The Morgan fingerprint density at radius 1 is 1.23 bits per heavy atom. The van der Waals surface area contributed by atoms with Crippen LogP contribution < -0.4 is 10.9 Å². The van der Waals surface area contributed by atoms with Crippen LogP contribution in [0.15, 0.2) is 42.0 Å². The van der Waals surface area contributed by atoms with Crippen molar-refractivity contribution in [3.63, 3.8) is 0 Å². The molecule has 0 heterocycles. The summed E-state index contributed by atoms with van der Waals surface area (Å²) in [5.41, 5.74) is 8.95. The number of benzene rings is 1. The summed E-state index contributed by atoms with van der Waals surface area (Å²) >= 11 is 0. The second-order valence-electron chi connectivity index (χ2n) is 3.39. The average molecular weight is 174 g/mol. The van der Waals surface area contributed by atoms with E-state index in [0.717, 1.165) is 12.2 Å². The highest BCUT2D eigenvalue weighted by atomic mass is 15.4. The highest BCUT2D eigenvalue weighted by Crippen LogP contribution is 2.26. The molecule has 1 aliphatic carbocycles. The summed E-state index contributed by atoms with van der Waals surface area (Å²) in [5, 5.41) is 0. The summed E-state index contributed by atoms with van der Waals surface area (Å²) in [5.74, 6) is 0.677. The van der Waals surface area contributed by atoms with Crippen molar-refractivity contribution in [3.8, 4) is 0 Å². The molecule has 1 aromatic rings. The molecule has 1 aliphatic rings. The summed E-state index contributed by atoms with van der Waals surface area (Å²) in [6.45, 7) is 3.15. The zero-order valence-corrected chi connectivity index (χ0v) is 7.75. The Morgan fingerprint density at radius 3 is 2.54 bits per heavy atom. The predicted octanol–water partition coefficient (Wildman–Crippen LogP) is 2.18. The van der Waals surface area contributed by atoms with E-state index in [-0.39, 0.29) is 0 Å². The number of hydrazine groups is 1. The summed E-state index contributed by atoms with van der Waals surface area (Å²) in [4.78, 5) is 0. The zero-order valence-electron chi connectivity index (χ0n) is 7.75. The van der Waals surface area contributed by atoms with Crippen molar-refractivity contribution < 1.29 is 0 Å². The van der Waals surface area contributed by atoms with E-state index >= 15 is 0 Å². The first-order chi connectivity index (χ1) is 6.36. The van der Waals surface area contributed by atoms with Gasteiger partial charge in [0, 0.05) is 18.2 Å². The molecule has 13 heavy (non-hydrogen) atoms. The third kappa shape index (κ3) is 2.33. The van der Waals surface area contributed by atoms with E-state index in [0.29, 0.717) is 5.92 Å². The van der Waals surface area contributed by atoms with Crippen molar-refractivity contribution in [3.05, 3.63) is 42.0 Å². The van der Waals surface area contributed by atoms with Crippen LogP contribution in [-0.4, -0.2) is 6.54 Å². The molecule has 0 amide bonds. The largest absolute Gasteiger partial charge is 0.321 e. The van der Waals surface area contributed by atoms with Crippen LogP contribution in [0, 0.1) is 5.92 Å². The van der Waals surface area contributed by atoms with Crippen LogP contribution in [-0.2, 0) is 0 Å². The smallest absolute Gasteiger partial charge is 0.0487 e. The Hall–Kier alpha value is -1.28. The lowest BCUT2D eigenvalue weighted by molar-refractivity contribution is 0.731. The van der Waals surface area contributed by atoms with E-state index in [1.807, 2.05) is 30.3 Å². The fourth-order valence-electron chi connectivity index (χ4n) is 1.27. The number of hydrogen-bond donors (Lipinski definition) is 2. The SMILES string of the molecule is CC1=C[C@H]1CNNc1ccccc1. The molecule has 0 aromatic heterocycles. The van der Waals surface area contributed by atoms with Crippen LogP contribution in [0.25, 0.3) is 0 Å². The van der Waals surface area contributed by atoms with E-state index in [9.17, 15) is 0 Å². The quantitative estimate of drug-likeness (QED) is 0.540. The highest BCUT2D eigenvalue weighted by Gasteiger charge is 2.18. The minimum absolute atomic E-state index is 0.677. The molecule has 0 fully saturated rings. The van der Waals surface area contributed by atoms with Gasteiger partial charge in [-0.2, -0.15) is 0 Å². The first-order valence-electron chi connectivity index (χ1n) is 4.58. The molecule has 0 unspecified atom stereocenters. The van der Waals surface area contributed by atoms with E-state index in [1.54, 1.807) is 0 Å². The number of para-hydroxylation sites is 1. The maximum atomic E-state index is 3.19. The van der Waals surface area contributed by atoms with Gasteiger partial charge in [0.1, 0.15) is 0 Å². The predicted molar refractivity (Wildman–Crippen MR) is 55.3 cm³/mol. The van der Waals surface area contributed by atoms with E-state index < -0.39 is 0 Å². The topological polar surface area (TPSA) is 24.1 Å². The van der Waals surface area contributed by atoms with Crippen LogP contribution in [0.2, 0.25) is 0 Å². The van der Waals surface area contributed by atoms with Gasteiger partial charge < -0.3 is 5.43 Å². The van der Waals surface area contributed by atoms with Crippen molar-refractivity contribution in [1.29, 1.82) is 0 Å². The van der Waals surface area contributed by atoms with Gasteiger partial charge in [-0.25, -0.2) is 5.43 Å². The van der Waals surface area contributed by atoms with Crippen LogP contribution in [0.5, 0.6) is 0 Å². The van der Waals surface area contributed by atoms with Gasteiger partial charge in [0.15, 0.2) is 0 Å². The van der Waals surface area contributed by atoms with Gasteiger partial charge in [-0.15, -0.1) is 0 Å².